The molecule has 18 heavy (non-hydrogen) atoms. The predicted octanol–water partition coefficient (Wildman–Crippen LogP) is 2.64. The molecule has 0 atom stereocenters. The number of hydrogen-bond donors (Lipinski definition) is 1. The molecule has 3 rings (SSSR count). The maximum atomic E-state index is 4.06. The third-order valence-electron chi connectivity index (χ3n) is 3.47. The second kappa shape index (κ2) is 4.78. The summed E-state index contributed by atoms with van der Waals surface area (Å²) in [6.45, 7) is 3.04. The highest BCUT2D eigenvalue weighted by Gasteiger charge is 2.20. The monoisotopic (exact) mass is 239 g/mol. The fraction of sp³-hybridized carbons (Fsp3) is 0.267. The van der Waals surface area contributed by atoms with Crippen LogP contribution in [-0.4, -0.2) is 16.9 Å². The Morgan fingerprint density at radius 1 is 1.17 bits per heavy atom. The lowest BCUT2D eigenvalue weighted by Gasteiger charge is -2.14. The van der Waals surface area contributed by atoms with Crippen molar-refractivity contribution in [3.63, 3.8) is 0 Å². The summed E-state index contributed by atoms with van der Waals surface area (Å²) in [5.74, 6) is 0. The SMILES string of the molecule is CNc1cccc2c1CN(Cc1ccncc1)C2. The summed E-state index contributed by atoms with van der Waals surface area (Å²) in [5, 5.41) is 3.28. The molecule has 1 N–H and O–H groups in total. The molecular formula is C15H17N3. The van der Waals surface area contributed by atoms with Gasteiger partial charge in [0.05, 0.1) is 0 Å². The lowest BCUT2D eigenvalue weighted by atomic mass is 10.1. The van der Waals surface area contributed by atoms with E-state index in [1.807, 2.05) is 19.4 Å². The van der Waals surface area contributed by atoms with E-state index in [0.717, 1.165) is 19.6 Å². The minimum Gasteiger partial charge on any atom is -0.388 e. The Kier molecular flexibility index (Phi) is 2.99. The van der Waals surface area contributed by atoms with Crippen LogP contribution in [0.4, 0.5) is 5.69 Å². The summed E-state index contributed by atoms with van der Waals surface area (Å²) < 4.78 is 0. The van der Waals surface area contributed by atoms with Gasteiger partial charge in [0.1, 0.15) is 0 Å². The zero-order valence-electron chi connectivity index (χ0n) is 10.6. The van der Waals surface area contributed by atoms with Crippen molar-refractivity contribution in [2.75, 3.05) is 12.4 Å². The summed E-state index contributed by atoms with van der Waals surface area (Å²) >= 11 is 0. The van der Waals surface area contributed by atoms with Crippen LogP contribution in [0.2, 0.25) is 0 Å². The number of pyridine rings is 1. The third-order valence-corrected chi connectivity index (χ3v) is 3.47. The maximum absolute atomic E-state index is 4.06. The molecule has 1 aromatic carbocycles. The largest absolute Gasteiger partial charge is 0.388 e. The van der Waals surface area contributed by atoms with Crippen LogP contribution in [0.5, 0.6) is 0 Å². The number of hydrogen-bond acceptors (Lipinski definition) is 3. The molecule has 0 fully saturated rings. The summed E-state index contributed by atoms with van der Waals surface area (Å²) in [5.41, 5.74) is 5.46. The van der Waals surface area contributed by atoms with E-state index in [4.69, 9.17) is 0 Å². The van der Waals surface area contributed by atoms with Crippen LogP contribution in [0.1, 0.15) is 16.7 Å². The molecule has 2 aromatic rings. The summed E-state index contributed by atoms with van der Waals surface area (Å²) in [7, 11) is 1.99. The van der Waals surface area contributed by atoms with Gasteiger partial charge in [0, 0.05) is 44.8 Å². The molecule has 0 saturated carbocycles. The van der Waals surface area contributed by atoms with Gasteiger partial charge in [-0.3, -0.25) is 9.88 Å². The smallest absolute Gasteiger partial charge is 0.0386 e. The molecule has 2 heterocycles. The number of aromatic nitrogens is 1. The van der Waals surface area contributed by atoms with E-state index in [2.05, 4.69) is 45.5 Å². The molecule has 92 valence electrons. The van der Waals surface area contributed by atoms with E-state index in [1.165, 1.54) is 22.4 Å². The number of fused-ring (bicyclic) bond motifs is 1. The van der Waals surface area contributed by atoms with Crippen LogP contribution in [0.3, 0.4) is 0 Å². The normalized spacial score (nSPS) is 14.5. The molecule has 3 heteroatoms. The van der Waals surface area contributed by atoms with E-state index in [-0.39, 0.29) is 0 Å². The molecule has 0 radical (unpaired) electrons. The van der Waals surface area contributed by atoms with Gasteiger partial charge >= 0.3 is 0 Å². The fourth-order valence-corrected chi connectivity index (χ4v) is 2.58. The van der Waals surface area contributed by atoms with Gasteiger partial charge in [-0.2, -0.15) is 0 Å². The molecule has 1 aliphatic rings. The molecule has 0 bridgehead atoms. The molecule has 0 amide bonds. The minimum atomic E-state index is 0.986. The molecule has 0 aliphatic carbocycles. The molecule has 1 aliphatic heterocycles. The van der Waals surface area contributed by atoms with Crippen molar-refractivity contribution in [1.82, 2.24) is 9.88 Å². The standard InChI is InChI=1S/C15H17N3/c1-16-15-4-2-3-13-10-18(11-14(13)15)9-12-5-7-17-8-6-12/h2-8,16H,9-11H2,1H3. The molecule has 3 nitrogen and oxygen atoms in total. The van der Waals surface area contributed by atoms with Crippen LogP contribution in [0, 0.1) is 0 Å². The topological polar surface area (TPSA) is 28.2 Å². The Labute approximate surface area is 107 Å². The van der Waals surface area contributed by atoms with Crippen LogP contribution in [0.25, 0.3) is 0 Å². The van der Waals surface area contributed by atoms with Crippen molar-refractivity contribution in [3.8, 4) is 0 Å². The number of anilines is 1. The van der Waals surface area contributed by atoms with Gasteiger partial charge in [-0.25, -0.2) is 0 Å². The first-order valence-corrected chi connectivity index (χ1v) is 6.26. The zero-order chi connectivity index (χ0) is 12.4. The zero-order valence-corrected chi connectivity index (χ0v) is 10.6. The second-order valence-electron chi connectivity index (χ2n) is 4.69. The van der Waals surface area contributed by atoms with Gasteiger partial charge in [-0.15, -0.1) is 0 Å². The van der Waals surface area contributed by atoms with E-state index < -0.39 is 0 Å². The number of nitrogens with zero attached hydrogens (tertiary/aromatic N) is 2. The first-order valence-electron chi connectivity index (χ1n) is 6.26. The van der Waals surface area contributed by atoms with Gasteiger partial charge in [0.25, 0.3) is 0 Å². The average Bonchev–Trinajstić information content (AvgIpc) is 2.82. The highest BCUT2D eigenvalue weighted by atomic mass is 15.1. The Balaban J connectivity index is 1.77. The first kappa shape index (κ1) is 11.2. The van der Waals surface area contributed by atoms with Crippen molar-refractivity contribution in [2.24, 2.45) is 0 Å². The molecule has 1 aromatic heterocycles. The van der Waals surface area contributed by atoms with Gasteiger partial charge in [0.15, 0.2) is 0 Å². The average molecular weight is 239 g/mol. The minimum absolute atomic E-state index is 0.986. The van der Waals surface area contributed by atoms with Gasteiger partial charge in [-0.05, 0) is 34.9 Å². The fourth-order valence-electron chi connectivity index (χ4n) is 2.58. The Morgan fingerprint density at radius 2 is 2.00 bits per heavy atom. The van der Waals surface area contributed by atoms with Crippen LogP contribution < -0.4 is 5.32 Å². The Hall–Kier alpha value is -1.87. The molecule has 0 spiro atoms. The van der Waals surface area contributed by atoms with E-state index in [9.17, 15) is 0 Å². The predicted molar refractivity (Wildman–Crippen MR) is 73.2 cm³/mol. The summed E-state index contributed by atoms with van der Waals surface area (Å²) in [4.78, 5) is 6.52. The van der Waals surface area contributed by atoms with Crippen molar-refractivity contribution in [2.45, 2.75) is 19.6 Å². The quantitative estimate of drug-likeness (QED) is 0.892. The van der Waals surface area contributed by atoms with Crippen molar-refractivity contribution >= 4 is 5.69 Å². The second-order valence-corrected chi connectivity index (χ2v) is 4.69. The van der Waals surface area contributed by atoms with Crippen LogP contribution in [0.15, 0.2) is 42.7 Å². The number of benzene rings is 1. The third kappa shape index (κ3) is 2.09. The van der Waals surface area contributed by atoms with Crippen LogP contribution >= 0.6 is 0 Å². The highest BCUT2D eigenvalue weighted by Crippen LogP contribution is 2.29. The first-order chi connectivity index (χ1) is 8.86. The van der Waals surface area contributed by atoms with E-state index in [1.54, 1.807) is 0 Å². The summed E-state index contributed by atoms with van der Waals surface area (Å²) in [6.07, 6.45) is 3.72. The highest BCUT2D eigenvalue weighted by molar-refractivity contribution is 5.55. The molecule has 0 unspecified atom stereocenters. The van der Waals surface area contributed by atoms with Crippen LogP contribution in [-0.2, 0) is 19.6 Å². The van der Waals surface area contributed by atoms with Crippen molar-refractivity contribution in [1.29, 1.82) is 0 Å². The van der Waals surface area contributed by atoms with Gasteiger partial charge < -0.3 is 5.32 Å². The number of rotatable bonds is 3. The van der Waals surface area contributed by atoms with Gasteiger partial charge in [0.2, 0.25) is 0 Å². The van der Waals surface area contributed by atoms with E-state index in [0.29, 0.717) is 0 Å². The van der Waals surface area contributed by atoms with E-state index >= 15 is 0 Å². The lowest BCUT2D eigenvalue weighted by molar-refractivity contribution is 0.275. The maximum Gasteiger partial charge on any atom is 0.0386 e. The van der Waals surface area contributed by atoms with Gasteiger partial charge in [-0.1, -0.05) is 12.1 Å². The molecular weight excluding hydrogens is 222 g/mol. The lowest BCUT2D eigenvalue weighted by Crippen LogP contribution is -2.15. The number of nitrogens with one attached hydrogen (secondary N) is 1. The molecule has 0 saturated heterocycles. The van der Waals surface area contributed by atoms with Crippen molar-refractivity contribution in [3.05, 3.63) is 59.4 Å². The summed E-state index contributed by atoms with van der Waals surface area (Å²) in [6, 6.07) is 10.7. The Morgan fingerprint density at radius 3 is 2.78 bits per heavy atom. The van der Waals surface area contributed by atoms with Crippen molar-refractivity contribution < 1.29 is 0 Å². The Bertz CT molecular complexity index is 537.